The van der Waals surface area contributed by atoms with Gasteiger partial charge in [0.25, 0.3) is 5.69 Å². The minimum atomic E-state index is -0.594. The number of ketones is 1. The SMILES string of the molecule is O=C(C1=CN(c2ccc([N+](=O)[O-])cc2O)NN1)c1ccc2ccccc2c1. The van der Waals surface area contributed by atoms with E-state index in [4.69, 9.17) is 0 Å². The van der Waals surface area contributed by atoms with Crippen molar-refractivity contribution >= 4 is 27.9 Å². The van der Waals surface area contributed by atoms with Gasteiger partial charge in [0.1, 0.15) is 17.1 Å². The molecular weight excluding hydrogens is 348 g/mol. The van der Waals surface area contributed by atoms with Crippen LogP contribution in [0.2, 0.25) is 0 Å². The molecule has 4 rings (SSSR count). The predicted octanol–water partition coefficient (Wildman–Crippen LogP) is 3.01. The molecule has 3 aromatic rings. The summed E-state index contributed by atoms with van der Waals surface area (Å²) >= 11 is 0. The minimum absolute atomic E-state index is 0.222. The van der Waals surface area contributed by atoms with Crippen LogP contribution < -0.4 is 16.0 Å². The van der Waals surface area contributed by atoms with Gasteiger partial charge in [-0.15, -0.1) is 5.53 Å². The number of hydrogen-bond donors (Lipinski definition) is 3. The molecule has 0 aliphatic carbocycles. The number of benzene rings is 3. The summed E-state index contributed by atoms with van der Waals surface area (Å²) < 4.78 is 0. The van der Waals surface area contributed by atoms with Gasteiger partial charge in [0.05, 0.1) is 17.2 Å². The van der Waals surface area contributed by atoms with E-state index in [1.54, 1.807) is 6.07 Å². The monoisotopic (exact) mass is 362 g/mol. The summed E-state index contributed by atoms with van der Waals surface area (Å²) in [6.07, 6.45) is 1.48. The normalized spacial score (nSPS) is 13.3. The minimum Gasteiger partial charge on any atom is -0.505 e. The molecule has 0 aromatic heterocycles. The fourth-order valence-electron chi connectivity index (χ4n) is 2.87. The van der Waals surface area contributed by atoms with Gasteiger partial charge in [0.2, 0.25) is 5.78 Å². The Balaban J connectivity index is 1.61. The third-order valence-electron chi connectivity index (χ3n) is 4.25. The fraction of sp³-hybridized carbons (Fsp3) is 0. The highest BCUT2D eigenvalue weighted by Crippen LogP contribution is 2.31. The molecular formula is C19H14N4O4. The van der Waals surface area contributed by atoms with Gasteiger partial charge in [0, 0.05) is 11.6 Å². The van der Waals surface area contributed by atoms with Crippen LogP contribution in [0.25, 0.3) is 10.8 Å². The van der Waals surface area contributed by atoms with Gasteiger partial charge >= 0.3 is 0 Å². The lowest BCUT2D eigenvalue weighted by Crippen LogP contribution is -2.37. The molecule has 8 heteroatoms. The highest BCUT2D eigenvalue weighted by Gasteiger charge is 2.23. The van der Waals surface area contributed by atoms with Crippen LogP contribution in [0.3, 0.4) is 0 Å². The van der Waals surface area contributed by atoms with Crippen LogP contribution in [-0.4, -0.2) is 15.8 Å². The Bertz CT molecular complexity index is 1110. The van der Waals surface area contributed by atoms with Crippen molar-refractivity contribution in [2.24, 2.45) is 0 Å². The van der Waals surface area contributed by atoms with E-state index in [1.165, 1.54) is 23.3 Å². The number of nitrogens with one attached hydrogen (secondary N) is 2. The number of anilines is 1. The molecule has 1 heterocycles. The van der Waals surface area contributed by atoms with Crippen LogP contribution in [-0.2, 0) is 0 Å². The van der Waals surface area contributed by atoms with Gasteiger partial charge in [-0.05, 0) is 22.9 Å². The van der Waals surface area contributed by atoms with Crippen LogP contribution in [0.1, 0.15) is 10.4 Å². The smallest absolute Gasteiger partial charge is 0.273 e. The molecule has 134 valence electrons. The van der Waals surface area contributed by atoms with E-state index in [-0.39, 0.29) is 28.6 Å². The molecule has 0 unspecified atom stereocenters. The van der Waals surface area contributed by atoms with Crippen molar-refractivity contribution in [1.29, 1.82) is 0 Å². The van der Waals surface area contributed by atoms with Crippen LogP contribution in [0.15, 0.2) is 72.6 Å². The van der Waals surface area contributed by atoms with E-state index in [9.17, 15) is 20.0 Å². The van der Waals surface area contributed by atoms with E-state index < -0.39 is 4.92 Å². The van der Waals surface area contributed by atoms with Gasteiger partial charge in [0.15, 0.2) is 0 Å². The molecule has 27 heavy (non-hydrogen) atoms. The first-order valence-corrected chi connectivity index (χ1v) is 8.06. The van der Waals surface area contributed by atoms with Crippen LogP contribution >= 0.6 is 0 Å². The second-order valence-corrected chi connectivity index (χ2v) is 5.97. The summed E-state index contributed by atoms with van der Waals surface area (Å²) in [4.78, 5) is 22.9. The zero-order chi connectivity index (χ0) is 19.0. The highest BCUT2D eigenvalue weighted by atomic mass is 16.6. The van der Waals surface area contributed by atoms with Crippen LogP contribution in [0.5, 0.6) is 5.75 Å². The first-order valence-electron chi connectivity index (χ1n) is 8.06. The third kappa shape index (κ3) is 3.05. The summed E-state index contributed by atoms with van der Waals surface area (Å²) in [7, 11) is 0. The number of aromatic hydroxyl groups is 1. The van der Waals surface area contributed by atoms with Crippen molar-refractivity contribution in [2.75, 3.05) is 5.01 Å². The number of hydrazine groups is 2. The third-order valence-corrected chi connectivity index (χ3v) is 4.25. The lowest BCUT2D eigenvalue weighted by Gasteiger charge is -2.15. The van der Waals surface area contributed by atoms with Crippen molar-refractivity contribution in [3.8, 4) is 5.75 Å². The van der Waals surface area contributed by atoms with E-state index in [1.807, 2.05) is 36.4 Å². The van der Waals surface area contributed by atoms with E-state index in [2.05, 4.69) is 11.0 Å². The largest absolute Gasteiger partial charge is 0.505 e. The van der Waals surface area contributed by atoms with Crippen molar-refractivity contribution in [1.82, 2.24) is 11.0 Å². The number of carbonyl (C=O) groups is 1. The summed E-state index contributed by atoms with van der Waals surface area (Å²) in [5, 5.41) is 24.2. The molecule has 8 nitrogen and oxygen atoms in total. The van der Waals surface area contributed by atoms with Gasteiger partial charge < -0.3 is 5.11 Å². The molecule has 0 fully saturated rings. The van der Waals surface area contributed by atoms with Crippen molar-refractivity contribution in [3.05, 3.63) is 88.2 Å². The number of fused-ring (bicyclic) bond motifs is 1. The van der Waals surface area contributed by atoms with Gasteiger partial charge in [-0.2, -0.15) is 0 Å². The summed E-state index contributed by atoms with van der Waals surface area (Å²) in [6, 6.07) is 16.9. The molecule has 3 aromatic carbocycles. The Labute approximate surface area is 153 Å². The summed E-state index contributed by atoms with van der Waals surface area (Å²) in [6.45, 7) is 0. The second kappa shape index (κ2) is 6.43. The predicted molar refractivity (Wildman–Crippen MR) is 99.9 cm³/mol. The number of phenolic OH excluding ortho intramolecular Hbond substituents is 1. The highest BCUT2D eigenvalue weighted by molar-refractivity contribution is 6.10. The maximum absolute atomic E-state index is 12.7. The quantitative estimate of drug-likeness (QED) is 0.372. The maximum Gasteiger partial charge on any atom is 0.273 e. The molecule has 0 saturated carbocycles. The average Bonchev–Trinajstić information content (AvgIpc) is 3.16. The molecule has 0 bridgehead atoms. The first-order chi connectivity index (χ1) is 13.0. The Hall–Kier alpha value is -3.91. The second-order valence-electron chi connectivity index (χ2n) is 5.97. The number of nitrogens with zero attached hydrogens (tertiary/aromatic N) is 2. The number of carbonyl (C=O) groups excluding carboxylic acids is 1. The molecule has 0 radical (unpaired) electrons. The number of phenols is 1. The van der Waals surface area contributed by atoms with Crippen molar-refractivity contribution < 1.29 is 14.8 Å². The topological polar surface area (TPSA) is 108 Å². The van der Waals surface area contributed by atoms with Crippen molar-refractivity contribution in [2.45, 2.75) is 0 Å². The molecule has 0 atom stereocenters. The number of non-ortho nitro benzene ring substituents is 1. The summed E-state index contributed by atoms with van der Waals surface area (Å²) in [5.74, 6) is -0.508. The van der Waals surface area contributed by atoms with Crippen LogP contribution in [0, 0.1) is 10.1 Å². The number of nitro benzene ring substituents is 1. The number of Topliss-reactive ketones (excluding diaryl/α,β-unsaturated/α-hetero) is 1. The first kappa shape index (κ1) is 16.6. The van der Waals surface area contributed by atoms with E-state index >= 15 is 0 Å². The lowest BCUT2D eigenvalue weighted by molar-refractivity contribution is -0.384. The van der Waals surface area contributed by atoms with Gasteiger partial charge in [-0.25, -0.2) is 0 Å². The lowest BCUT2D eigenvalue weighted by atomic mass is 10.0. The Morgan fingerprint density at radius 1 is 1.04 bits per heavy atom. The fourth-order valence-corrected chi connectivity index (χ4v) is 2.87. The number of nitro groups is 1. The van der Waals surface area contributed by atoms with E-state index in [0.29, 0.717) is 5.56 Å². The Kier molecular flexibility index (Phi) is 3.94. The maximum atomic E-state index is 12.7. The average molecular weight is 362 g/mol. The number of rotatable bonds is 4. The van der Waals surface area contributed by atoms with Crippen LogP contribution in [0.4, 0.5) is 11.4 Å². The molecule has 1 aliphatic rings. The summed E-state index contributed by atoms with van der Waals surface area (Å²) in [5.41, 5.74) is 6.35. The zero-order valence-electron chi connectivity index (χ0n) is 13.9. The molecule has 3 N–H and O–H groups in total. The Morgan fingerprint density at radius 2 is 1.81 bits per heavy atom. The molecule has 0 saturated heterocycles. The Morgan fingerprint density at radius 3 is 2.56 bits per heavy atom. The number of hydrogen-bond acceptors (Lipinski definition) is 7. The van der Waals surface area contributed by atoms with Gasteiger partial charge in [-0.3, -0.25) is 25.3 Å². The standard InChI is InChI=1S/C19H14N4O4/c24-18-10-15(23(26)27)7-8-17(18)22-11-16(20-21-22)19(25)14-6-5-12-3-1-2-4-13(12)9-14/h1-11,20-21,24H. The molecule has 0 amide bonds. The van der Waals surface area contributed by atoms with Crippen molar-refractivity contribution in [3.63, 3.8) is 0 Å². The van der Waals surface area contributed by atoms with E-state index in [0.717, 1.165) is 16.8 Å². The molecule has 0 spiro atoms. The molecule has 1 aliphatic heterocycles. The van der Waals surface area contributed by atoms with Gasteiger partial charge in [-0.1, -0.05) is 36.4 Å². The zero-order valence-corrected chi connectivity index (χ0v) is 13.9. The number of allylic oxidation sites excluding steroid dienone is 1.